The Labute approximate surface area is 192 Å². The molecule has 2 aromatic carbocycles. The summed E-state index contributed by atoms with van der Waals surface area (Å²) >= 11 is 0. The van der Waals surface area contributed by atoms with Crippen LogP contribution in [0.15, 0.2) is 48.5 Å². The predicted molar refractivity (Wildman–Crippen MR) is 122 cm³/mol. The van der Waals surface area contributed by atoms with Crippen molar-refractivity contribution in [2.24, 2.45) is 5.92 Å². The Bertz CT molecular complexity index is 1140. The highest BCUT2D eigenvalue weighted by atomic mass is 19.1. The number of hydrogen-bond acceptors (Lipinski definition) is 3. The van der Waals surface area contributed by atoms with Crippen LogP contribution in [0.25, 0.3) is 0 Å². The smallest absolute Gasteiger partial charge is 0.257 e. The first-order chi connectivity index (χ1) is 15.7. The molecule has 2 amide bonds. The summed E-state index contributed by atoms with van der Waals surface area (Å²) in [7, 11) is 0. The molecule has 2 N–H and O–H groups in total. The van der Waals surface area contributed by atoms with Crippen LogP contribution < -0.4 is 10.6 Å². The number of carbonyl (C=O) groups excluding carboxylic acids is 2. The third kappa shape index (κ3) is 6.03. The topological polar surface area (TPSA) is 76.0 Å². The molecule has 0 saturated heterocycles. The van der Waals surface area contributed by atoms with E-state index in [2.05, 4.69) is 15.7 Å². The number of aromatic nitrogens is 2. The minimum atomic E-state index is -0.977. The molecule has 1 atom stereocenters. The average Bonchev–Trinajstić information content (AvgIpc) is 3.06. The summed E-state index contributed by atoms with van der Waals surface area (Å²) in [6.45, 7) is 8.29. The van der Waals surface area contributed by atoms with Crippen molar-refractivity contribution >= 4 is 11.8 Å². The molecule has 0 saturated carbocycles. The highest BCUT2D eigenvalue weighted by Crippen LogP contribution is 2.14. The van der Waals surface area contributed by atoms with E-state index in [4.69, 9.17) is 0 Å². The number of nitrogens with zero attached hydrogens (tertiary/aromatic N) is 2. The molecule has 33 heavy (non-hydrogen) atoms. The van der Waals surface area contributed by atoms with Crippen LogP contribution in [0.5, 0.6) is 0 Å². The van der Waals surface area contributed by atoms with E-state index in [9.17, 15) is 18.4 Å². The standard InChI is InChI=1S/C25H28F2N4O2/c1-15(2)23(29-24(32)22-20(26)9-6-10-21(22)27)25(33)28-13-18-7-5-8-19(12-18)14-31-17(4)11-16(3)30-31/h5-12,15,23H,13-14H2,1-4H3,(H,28,33)(H,29,32). The van der Waals surface area contributed by atoms with Gasteiger partial charge in [-0.2, -0.15) is 5.10 Å². The van der Waals surface area contributed by atoms with Gasteiger partial charge in [0.25, 0.3) is 5.91 Å². The predicted octanol–water partition coefficient (Wildman–Crippen LogP) is 3.90. The zero-order valence-electron chi connectivity index (χ0n) is 19.2. The normalized spacial score (nSPS) is 12.0. The van der Waals surface area contributed by atoms with Gasteiger partial charge in [-0.3, -0.25) is 14.3 Å². The zero-order chi connectivity index (χ0) is 24.1. The Morgan fingerprint density at radius 2 is 1.64 bits per heavy atom. The first-order valence-electron chi connectivity index (χ1n) is 10.8. The SMILES string of the molecule is Cc1cc(C)n(Cc2cccc(CNC(=O)C(NC(=O)c3c(F)cccc3F)C(C)C)c2)n1. The number of amides is 2. The maximum Gasteiger partial charge on any atom is 0.257 e. The maximum atomic E-state index is 13.9. The molecule has 1 heterocycles. The van der Waals surface area contributed by atoms with E-state index in [1.54, 1.807) is 13.8 Å². The third-order valence-corrected chi connectivity index (χ3v) is 5.32. The zero-order valence-corrected chi connectivity index (χ0v) is 19.2. The fourth-order valence-electron chi connectivity index (χ4n) is 3.61. The quantitative estimate of drug-likeness (QED) is 0.542. The summed E-state index contributed by atoms with van der Waals surface area (Å²) in [5, 5.41) is 9.74. The molecular formula is C25H28F2N4O2. The lowest BCUT2D eigenvalue weighted by Gasteiger charge is -2.22. The average molecular weight is 455 g/mol. The molecule has 0 bridgehead atoms. The van der Waals surface area contributed by atoms with Crippen molar-refractivity contribution in [2.75, 3.05) is 0 Å². The molecule has 0 radical (unpaired) electrons. The van der Waals surface area contributed by atoms with Gasteiger partial charge in [0, 0.05) is 12.2 Å². The van der Waals surface area contributed by atoms with Crippen LogP contribution >= 0.6 is 0 Å². The summed E-state index contributed by atoms with van der Waals surface area (Å²) < 4.78 is 29.8. The van der Waals surface area contributed by atoms with Crippen LogP contribution in [0.1, 0.15) is 46.7 Å². The molecule has 8 heteroatoms. The molecule has 0 aliphatic heterocycles. The van der Waals surface area contributed by atoms with E-state index in [-0.39, 0.29) is 12.5 Å². The maximum absolute atomic E-state index is 13.9. The molecule has 0 aliphatic rings. The van der Waals surface area contributed by atoms with Gasteiger partial charge in [-0.15, -0.1) is 0 Å². The summed E-state index contributed by atoms with van der Waals surface area (Å²) in [5.41, 5.74) is 3.24. The molecule has 0 fully saturated rings. The highest BCUT2D eigenvalue weighted by molar-refractivity contribution is 5.98. The van der Waals surface area contributed by atoms with E-state index in [0.717, 1.165) is 34.6 Å². The van der Waals surface area contributed by atoms with Crippen LogP contribution in [0.3, 0.4) is 0 Å². The second kappa shape index (κ2) is 10.4. The van der Waals surface area contributed by atoms with E-state index in [0.29, 0.717) is 6.54 Å². The molecule has 0 spiro atoms. The lowest BCUT2D eigenvalue weighted by atomic mass is 10.0. The molecule has 1 aromatic heterocycles. The van der Waals surface area contributed by atoms with Crippen molar-refractivity contribution in [1.82, 2.24) is 20.4 Å². The van der Waals surface area contributed by atoms with Gasteiger partial charge < -0.3 is 10.6 Å². The first-order valence-corrected chi connectivity index (χ1v) is 10.8. The van der Waals surface area contributed by atoms with Crippen molar-refractivity contribution in [1.29, 1.82) is 0 Å². The van der Waals surface area contributed by atoms with Gasteiger partial charge in [-0.25, -0.2) is 8.78 Å². The van der Waals surface area contributed by atoms with Gasteiger partial charge in [0.05, 0.1) is 12.2 Å². The Morgan fingerprint density at radius 3 is 2.24 bits per heavy atom. The number of aryl methyl sites for hydroxylation is 2. The minimum absolute atomic E-state index is 0.247. The fraction of sp³-hybridized carbons (Fsp3) is 0.320. The number of nitrogens with one attached hydrogen (secondary N) is 2. The van der Waals surface area contributed by atoms with Gasteiger partial charge >= 0.3 is 0 Å². The van der Waals surface area contributed by atoms with Crippen molar-refractivity contribution in [3.63, 3.8) is 0 Å². The van der Waals surface area contributed by atoms with E-state index < -0.39 is 35.1 Å². The van der Waals surface area contributed by atoms with Crippen LogP contribution in [0.2, 0.25) is 0 Å². The van der Waals surface area contributed by atoms with Crippen molar-refractivity contribution in [3.05, 3.63) is 88.2 Å². The van der Waals surface area contributed by atoms with Crippen LogP contribution in [-0.4, -0.2) is 27.6 Å². The lowest BCUT2D eigenvalue weighted by Crippen LogP contribution is -2.49. The third-order valence-electron chi connectivity index (χ3n) is 5.32. The van der Waals surface area contributed by atoms with Gasteiger partial charge in [-0.05, 0) is 49.1 Å². The molecule has 3 rings (SSSR count). The van der Waals surface area contributed by atoms with Gasteiger partial charge in [-0.1, -0.05) is 44.2 Å². The van der Waals surface area contributed by atoms with Gasteiger partial charge in [0.1, 0.15) is 23.2 Å². The molecule has 3 aromatic rings. The van der Waals surface area contributed by atoms with Crippen LogP contribution in [-0.2, 0) is 17.9 Å². The highest BCUT2D eigenvalue weighted by Gasteiger charge is 2.27. The number of carbonyl (C=O) groups is 2. The van der Waals surface area contributed by atoms with Gasteiger partial charge in [0.15, 0.2) is 0 Å². The summed E-state index contributed by atoms with van der Waals surface area (Å²) in [5.74, 6) is -3.64. The molecule has 6 nitrogen and oxygen atoms in total. The second-order valence-electron chi connectivity index (χ2n) is 8.41. The monoisotopic (exact) mass is 454 g/mol. The van der Waals surface area contributed by atoms with E-state index in [1.807, 2.05) is 48.9 Å². The second-order valence-corrected chi connectivity index (χ2v) is 8.41. The first kappa shape index (κ1) is 24.1. The van der Waals surface area contributed by atoms with Crippen LogP contribution in [0.4, 0.5) is 8.78 Å². The lowest BCUT2D eigenvalue weighted by molar-refractivity contribution is -0.124. The van der Waals surface area contributed by atoms with Crippen molar-refractivity contribution in [3.8, 4) is 0 Å². The molecule has 174 valence electrons. The molecular weight excluding hydrogens is 426 g/mol. The summed E-state index contributed by atoms with van der Waals surface area (Å²) in [6, 6.07) is 12.0. The number of rotatable bonds is 8. The minimum Gasteiger partial charge on any atom is -0.350 e. The Morgan fingerprint density at radius 1 is 1.00 bits per heavy atom. The number of halogens is 2. The van der Waals surface area contributed by atoms with Gasteiger partial charge in [0.2, 0.25) is 5.91 Å². The van der Waals surface area contributed by atoms with Crippen LogP contribution in [0, 0.1) is 31.4 Å². The molecule has 1 unspecified atom stereocenters. The summed E-state index contributed by atoms with van der Waals surface area (Å²) in [6.07, 6.45) is 0. The Hall–Kier alpha value is -3.55. The van der Waals surface area contributed by atoms with E-state index in [1.165, 1.54) is 6.07 Å². The van der Waals surface area contributed by atoms with Crippen molar-refractivity contribution in [2.45, 2.75) is 46.8 Å². The fourth-order valence-corrected chi connectivity index (χ4v) is 3.61. The van der Waals surface area contributed by atoms with Crippen molar-refractivity contribution < 1.29 is 18.4 Å². The Balaban J connectivity index is 1.65. The summed E-state index contributed by atoms with van der Waals surface area (Å²) in [4.78, 5) is 25.2. The van der Waals surface area contributed by atoms with E-state index >= 15 is 0 Å². The molecule has 0 aliphatic carbocycles. The number of benzene rings is 2. The largest absolute Gasteiger partial charge is 0.350 e. The Kier molecular flexibility index (Phi) is 7.58. The number of hydrogen-bond donors (Lipinski definition) is 2.